The van der Waals surface area contributed by atoms with Crippen molar-refractivity contribution in [2.75, 3.05) is 39.5 Å². The monoisotopic (exact) mass is 362 g/mol. The molecule has 1 fully saturated rings. The Morgan fingerprint density at radius 2 is 1.96 bits per heavy atom. The second-order valence-electron chi connectivity index (χ2n) is 4.90. The van der Waals surface area contributed by atoms with Crippen molar-refractivity contribution in [1.29, 1.82) is 0 Å². The second kappa shape index (κ2) is 7.92. The van der Waals surface area contributed by atoms with Crippen molar-refractivity contribution in [3.63, 3.8) is 0 Å². The molecule has 2 rings (SSSR count). The van der Waals surface area contributed by atoms with Crippen LogP contribution in [0.25, 0.3) is 0 Å². The van der Waals surface area contributed by atoms with Crippen molar-refractivity contribution in [3.8, 4) is 5.75 Å². The van der Waals surface area contributed by atoms with Gasteiger partial charge < -0.3 is 15.0 Å². The SMILES string of the molecule is C[PH](=O)OS(=O)(=O)c1ccccc1OCC(=O)N1CCNCC1. The fourth-order valence-electron chi connectivity index (χ4n) is 2.12. The molecule has 0 aliphatic carbocycles. The van der Waals surface area contributed by atoms with Gasteiger partial charge in [0.2, 0.25) is 8.03 Å². The third kappa shape index (κ3) is 5.04. The fraction of sp³-hybridized carbons (Fsp3) is 0.462. The minimum Gasteiger partial charge on any atom is -0.482 e. The highest BCUT2D eigenvalue weighted by Crippen LogP contribution is 2.31. The Hall–Kier alpha value is -1.41. The Labute approximate surface area is 135 Å². The van der Waals surface area contributed by atoms with Crippen LogP contribution in [-0.2, 0) is 23.4 Å². The Morgan fingerprint density at radius 3 is 2.61 bits per heavy atom. The molecule has 1 aliphatic heterocycles. The molecule has 23 heavy (non-hydrogen) atoms. The van der Waals surface area contributed by atoms with Gasteiger partial charge in [-0.25, -0.2) is 3.97 Å². The van der Waals surface area contributed by atoms with Gasteiger partial charge in [-0.2, -0.15) is 8.42 Å². The number of hydrogen-bond acceptors (Lipinski definition) is 7. The van der Waals surface area contributed by atoms with Crippen molar-refractivity contribution in [3.05, 3.63) is 24.3 Å². The van der Waals surface area contributed by atoms with E-state index >= 15 is 0 Å². The summed E-state index contributed by atoms with van der Waals surface area (Å²) in [5.74, 6) is -0.220. The molecule has 0 radical (unpaired) electrons. The first-order valence-electron chi connectivity index (χ1n) is 7.05. The number of rotatable bonds is 6. The highest BCUT2D eigenvalue weighted by molar-refractivity contribution is 7.90. The quantitative estimate of drug-likeness (QED) is 0.727. The van der Waals surface area contributed by atoms with Gasteiger partial charge in [0.1, 0.15) is 10.6 Å². The number of nitrogens with zero attached hydrogens (tertiary/aromatic N) is 1. The smallest absolute Gasteiger partial charge is 0.306 e. The molecular weight excluding hydrogens is 343 g/mol. The van der Waals surface area contributed by atoms with Gasteiger partial charge in [-0.05, 0) is 12.1 Å². The van der Waals surface area contributed by atoms with Crippen molar-refractivity contribution < 1.29 is 26.5 Å². The highest BCUT2D eigenvalue weighted by Gasteiger charge is 2.23. The summed E-state index contributed by atoms with van der Waals surface area (Å²) in [6.07, 6.45) is 0. The van der Waals surface area contributed by atoms with Crippen LogP contribution < -0.4 is 10.1 Å². The van der Waals surface area contributed by atoms with E-state index in [1.165, 1.54) is 24.9 Å². The largest absolute Gasteiger partial charge is 0.482 e. The van der Waals surface area contributed by atoms with Gasteiger partial charge in [-0.3, -0.25) is 9.36 Å². The van der Waals surface area contributed by atoms with Crippen LogP contribution in [-0.4, -0.2) is 58.7 Å². The summed E-state index contributed by atoms with van der Waals surface area (Å²) in [5.41, 5.74) is 0. The minimum atomic E-state index is -4.19. The summed E-state index contributed by atoms with van der Waals surface area (Å²) < 4.78 is 45.0. The van der Waals surface area contributed by atoms with Gasteiger partial charge in [0.15, 0.2) is 6.61 Å². The topological polar surface area (TPSA) is 102 Å². The molecule has 1 unspecified atom stereocenters. The van der Waals surface area contributed by atoms with Gasteiger partial charge in [0.25, 0.3) is 5.91 Å². The zero-order valence-electron chi connectivity index (χ0n) is 12.6. The van der Waals surface area contributed by atoms with Crippen LogP contribution in [0.15, 0.2) is 29.2 Å². The average molecular weight is 362 g/mol. The second-order valence-corrected chi connectivity index (χ2v) is 7.89. The van der Waals surface area contributed by atoms with Crippen LogP contribution in [0.2, 0.25) is 0 Å². The van der Waals surface area contributed by atoms with Crippen molar-refractivity contribution in [2.24, 2.45) is 0 Å². The van der Waals surface area contributed by atoms with E-state index in [0.717, 1.165) is 13.1 Å². The van der Waals surface area contributed by atoms with Crippen molar-refractivity contribution in [1.82, 2.24) is 10.2 Å². The molecule has 1 aromatic carbocycles. The molecule has 10 heteroatoms. The van der Waals surface area contributed by atoms with E-state index in [-0.39, 0.29) is 23.2 Å². The third-order valence-corrected chi connectivity index (χ3v) is 5.86. The van der Waals surface area contributed by atoms with E-state index < -0.39 is 18.1 Å². The van der Waals surface area contributed by atoms with Crippen LogP contribution in [0.5, 0.6) is 5.75 Å². The molecule has 1 aliphatic rings. The number of para-hydroxylation sites is 1. The number of amides is 1. The first kappa shape index (κ1) is 17.9. The number of piperazine rings is 1. The number of ether oxygens (including phenoxy) is 1. The van der Waals surface area contributed by atoms with Crippen LogP contribution >= 0.6 is 8.03 Å². The summed E-state index contributed by atoms with van der Waals surface area (Å²) in [6, 6.07) is 5.78. The molecular formula is C13H19N2O6PS. The maximum atomic E-state index is 12.1. The average Bonchev–Trinajstić information content (AvgIpc) is 2.52. The number of nitrogens with one attached hydrogen (secondary N) is 1. The molecule has 1 saturated heterocycles. The third-order valence-electron chi connectivity index (χ3n) is 3.17. The fourth-order valence-corrected chi connectivity index (χ4v) is 4.33. The van der Waals surface area contributed by atoms with Gasteiger partial charge in [0, 0.05) is 32.8 Å². The molecule has 1 atom stereocenters. The Morgan fingerprint density at radius 1 is 1.30 bits per heavy atom. The van der Waals surface area contributed by atoms with Gasteiger partial charge >= 0.3 is 10.1 Å². The molecule has 0 spiro atoms. The molecule has 0 aromatic heterocycles. The lowest BCUT2D eigenvalue weighted by Crippen LogP contribution is -2.47. The summed E-state index contributed by atoms with van der Waals surface area (Å²) in [5, 5.41) is 3.13. The maximum absolute atomic E-state index is 12.1. The van der Waals surface area contributed by atoms with Crippen LogP contribution in [0.1, 0.15) is 0 Å². The van der Waals surface area contributed by atoms with E-state index in [1.54, 1.807) is 11.0 Å². The van der Waals surface area contributed by atoms with Crippen molar-refractivity contribution >= 4 is 24.1 Å². The molecule has 0 bridgehead atoms. The van der Waals surface area contributed by atoms with Crippen LogP contribution in [0.4, 0.5) is 0 Å². The lowest BCUT2D eigenvalue weighted by molar-refractivity contribution is -0.133. The van der Waals surface area contributed by atoms with Gasteiger partial charge in [0.05, 0.1) is 0 Å². The van der Waals surface area contributed by atoms with Crippen LogP contribution in [0.3, 0.4) is 0 Å². The normalized spacial score (nSPS) is 16.8. The summed E-state index contributed by atoms with van der Waals surface area (Å²) in [7, 11) is -6.87. The van der Waals surface area contributed by atoms with Gasteiger partial charge in [-0.1, -0.05) is 12.1 Å². The Kier molecular flexibility index (Phi) is 6.17. The summed E-state index contributed by atoms with van der Waals surface area (Å²) in [6.45, 7) is 3.52. The van der Waals surface area contributed by atoms with Crippen LogP contribution in [0, 0.1) is 0 Å². The van der Waals surface area contributed by atoms with E-state index in [1.807, 2.05) is 0 Å². The first-order valence-corrected chi connectivity index (χ1v) is 10.3. The molecule has 1 heterocycles. The van der Waals surface area contributed by atoms with E-state index in [9.17, 15) is 17.8 Å². The minimum absolute atomic E-state index is 0.000709. The molecule has 1 aromatic rings. The molecule has 8 nitrogen and oxygen atoms in total. The molecule has 1 N–H and O–H groups in total. The van der Waals surface area contributed by atoms with E-state index in [0.29, 0.717) is 13.1 Å². The lowest BCUT2D eigenvalue weighted by Gasteiger charge is -2.27. The number of hydrogen-bond donors (Lipinski definition) is 1. The zero-order valence-corrected chi connectivity index (χ0v) is 14.5. The predicted octanol–water partition coefficient (Wildman–Crippen LogP) is 0.307. The Bertz CT molecular complexity index is 687. The lowest BCUT2D eigenvalue weighted by atomic mass is 10.3. The van der Waals surface area contributed by atoms with E-state index in [4.69, 9.17) is 4.74 Å². The highest BCUT2D eigenvalue weighted by atomic mass is 32.2. The predicted molar refractivity (Wildman–Crippen MR) is 84.6 cm³/mol. The van der Waals surface area contributed by atoms with Gasteiger partial charge in [-0.15, -0.1) is 0 Å². The first-order chi connectivity index (χ1) is 10.9. The molecule has 128 valence electrons. The van der Waals surface area contributed by atoms with E-state index in [2.05, 4.69) is 9.29 Å². The standard InChI is InChI=1S/C13H19N2O6PS/c1-22(17)21-23(18,19)12-5-3-2-4-11(12)20-10-13(16)15-8-6-14-7-9-15/h2-5,14,22H,6-10H2,1H3. The number of carbonyl (C=O) groups is 1. The van der Waals surface area contributed by atoms with Crippen molar-refractivity contribution in [2.45, 2.75) is 4.90 Å². The maximum Gasteiger partial charge on any atom is 0.306 e. The number of benzene rings is 1. The number of carbonyl (C=O) groups excluding carboxylic acids is 1. The molecule has 0 saturated carbocycles. The zero-order chi connectivity index (χ0) is 16.9. The summed E-state index contributed by atoms with van der Waals surface area (Å²) >= 11 is 0. The molecule has 1 amide bonds. The summed E-state index contributed by atoms with van der Waals surface area (Å²) in [4.78, 5) is 13.5. The Balaban J connectivity index is 2.08.